The lowest BCUT2D eigenvalue weighted by Crippen LogP contribution is -2.56. The van der Waals surface area contributed by atoms with Gasteiger partial charge in [0, 0.05) is 18.0 Å². The quantitative estimate of drug-likeness (QED) is 0.338. The fourth-order valence-electron chi connectivity index (χ4n) is 4.75. The van der Waals surface area contributed by atoms with E-state index in [1.54, 1.807) is 4.57 Å². The number of rotatable bonds is 8. The Kier molecular flexibility index (Phi) is 7.35. The molecule has 0 radical (unpaired) electrons. The van der Waals surface area contributed by atoms with Gasteiger partial charge in [-0.1, -0.05) is 36.4 Å². The van der Waals surface area contributed by atoms with Crippen LogP contribution in [0.3, 0.4) is 0 Å². The molecule has 34 heavy (non-hydrogen) atoms. The second-order valence-electron chi connectivity index (χ2n) is 9.06. The molecule has 1 aliphatic heterocycles. The van der Waals surface area contributed by atoms with E-state index in [-0.39, 0.29) is 5.91 Å². The number of benzene rings is 2. The third-order valence-corrected chi connectivity index (χ3v) is 6.59. The van der Waals surface area contributed by atoms with E-state index in [1.165, 1.54) is 0 Å². The van der Waals surface area contributed by atoms with Crippen LogP contribution >= 0.6 is 0 Å². The van der Waals surface area contributed by atoms with E-state index >= 15 is 0 Å². The van der Waals surface area contributed by atoms with E-state index in [0.717, 1.165) is 46.0 Å². The van der Waals surface area contributed by atoms with Gasteiger partial charge in [0.2, 0.25) is 5.91 Å². The Morgan fingerprint density at radius 3 is 2.41 bits per heavy atom. The molecule has 0 bridgehead atoms. The molecular weight excluding hydrogens is 436 g/mol. The van der Waals surface area contributed by atoms with Gasteiger partial charge in [0.1, 0.15) is 24.4 Å². The van der Waals surface area contributed by atoms with Crippen LogP contribution in [0.5, 0.6) is 0 Å². The second kappa shape index (κ2) is 10.2. The minimum atomic E-state index is -1.44. The summed E-state index contributed by atoms with van der Waals surface area (Å²) in [5, 5.41) is 41.7. The zero-order valence-electron chi connectivity index (χ0n) is 19.2. The topological polar surface area (TPSA) is 138 Å². The van der Waals surface area contributed by atoms with Crippen molar-refractivity contribution in [2.45, 2.75) is 63.3 Å². The lowest BCUT2D eigenvalue weighted by atomic mass is 9.98. The van der Waals surface area contributed by atoms with Crippen LogP contribution in [-0.2, 0) is 22.4 Å². The molecule has 8 nitrogen and oxygen atoms in total. The van der Waals surface area contributed by atoms with E-state index in [4.69, 9.17) is 10.5 Å². The maximum Gasteiger partial charge on any atom is 0.217 e. The maximum absolute atomic E-state index is 10.9. The first-order valence-corrected chi connectivity index (χ1v) is 11.6. The minimum absolute atomic E-state index is 0.289. The number of hydrogen-bond donors (Lipinski definition) is 5. The Bertz CT molecular complexity index is 1140. The Morgan fingerprint density at radius 1 is 1.03 bits per heavy atom. The summed E-state index contributed by atoms with van der Waals surface area (Å²) in [6, 6.07) is 14.1. The minimum Gasteiger partial charge on any atom is -0.394 e. The summed E-state index contributed by atoms with van der Waals surface area (Å²) in [5.74, 6) is -0.289. The molecule has 182 valence electrons. The van der Waals surface area contributed by atoms with Crippen molar-refractivity contribution in [2.24, 2.45) is 5.73 Å². The van der Waals surface area contributed by atoms with E-state index in [2.05, 4.69) is 24.3 Å². The van der Waals surface area contributed by atoms with Crippen molar-refractivity contribution in [3.63, 3.8) is 0 Å². The van der Waals surface area contributed by atoms with Crippen LogP contribution in [0.1, 0.15) is 41.3 Å². The summed E-state index contributed by atoms with van der Waals surface area (Å²) in [6.45, 7) is 1.55. The molecule has 0 spiro atoms. The molecule has 5 atom stereocenters. The van der Waals surface area contributed by atoms with Crippen molar-refractivity contribution < 1.29 is 30.0 Å². The van der Waals surface area contributed by atoms with E-state index in [1.807, 2.05) is 31.3 Å². The smallest absolute Gasteiger partial charge is 0.217 e. The number of carbonyl (C=O) groups is 1. The number of nitrogens with two attached hydrogens (primary N) is 1. The predicted molar refractivity (Wildman–Crippen MR) is 127 cm³/mol. The number of aliphatic hydroxyl groups is 4. The number of ether oxygens (including phenoxy) is 1. The van der Waals surface area contributed by atoms with Gasteiger partial charge in [0.25, 0.3) is 0 Å². The van der Waals surface area contributed by atoms with Crippen LogP contribution in [0.4, 0.5) is 0 Å². The van der Waals surface area contributed by atoms with Gasteiger partial charge in [0.05, 0.1) is 12.1 Å². The van der Waals surface area contributed by atoms with E-state index in [9.17, 15) is 25.2 Å². The number of aliphatic hydroxyl groups excluding tert-OH is 4. The average Bonchev–Trinajstić information content (AvgIpc) is 3.18. The predicted octanol–water partition coefficient (Wildman–Crippen LogP) is 1.32. The third kappa shape index (κ3) is 4.87. The number of fused-ring (bicyclic) bond motifs is 1. The lowest BCUT2D eigenvalue weighted by Gasteiger charge is -2.40. The van der Waals surface area contributed by atoms with E-state index < -0.39 is 37.3 Å². The molecule has 1 fully saturated rings. The maximum atomic E-state index is 10.9. The van der Waals surface area contributed by atoms with Crippen molar-refractivity contribution in [3.8, 4) is 0 Å². The van der Waals surface area contributed by atoms with Crippen molar-refractivity contribution in [1.82, 2.24) is 4.57 Å². The largest absolute Gasteiger partial charge is 0.394 e. The molecule has 1 aromatic heterocycles. The number of aromatic nitrogens is 1. The summed E-state index contributed by atoms with van der Waals surface area (Å²) >= 11 is 0. The molecule has 0 aliphatic carbocycles. The van der Waals surface area contributed by atoms with Crippen molar-refractivity contribution in [3.05, 3.63) is 70.9 Å². The van der Waals surface area contributed by atoms with Crippen LogP contribution in [0, 0.1) is 6.92 Å². The van der Waals surface area contributed by atoms with Gasteiger partial charge in [-0.25, -0.2) is 0 Å². The molecule has 2 aromatic carbocycles. The first kappa shape index (κ1) is 24.4. The highest BCUT2D eigenvalue weighted by atomic mass is 16.6. The molecule has 3 aromatic rings. The molecule has 0 unspecified atom stereocenters. The van der Waals surface area contributed by atoms with Gasteiger partial charge < -0.3 is 35.5 Å². The number of aryl methyl sites for hydroxylation is 2. The first-order chi connectivity index (χ1) is 16.3. The van der Waals surface area contributed by atoms with Crippen LogP contribution in [0.2, 0.25) is 0 Å². The van der Waals surface area contributed by atoms with Crippen molar-refractivity contribution >= 4 is 16.8 Å². The molecule has 0 saturated carbocycles. The molecule has 6 N–H and O–H groups in total. The summed E-state index contributed by atoms with van der Waals surface area (Å²) in [7, 11) is 0. The van der Waals surface area contributed by atoms with Gasteiger partial charge in [-0.15, -0.1) is 0 Å². The molecule has 8 heteroatoms. The number of primary amides is 1. The molecule has 1 aliphatic rings. The standard InChI is InChI=1S/C26H32N2O6/c1-15-4-2-6-19-22(15)18(12-17-10-8-16(9-11-17)5-3-7-21(27)30)13-28(19)26-25(33)24(32)23(31)20(14-29)34-26/h2,4,6,8-11,13,20,23-26,29,31-33H,3,5,7,12,14H2,1H3,(H2,27,30)/t20-,23-,24+,25-,26-/m1/s1. The Hall–Kier alpha value is -2.75. The fraction of sp³-hybridized carbons (Fsp3) is 0.423. The fourth-order valence-corrected chi connectivity index (χ4v) is 4.75. The Balaban J connectivity index is 1.63. The molecule has 2 heterocycles. The number of amides is 1. The van der Waals surface area contributed by atoms with Gasteiger partial charge in [-0.2, -0.15) is 0 Å². The van der Waals surface area contributed by atoms with Gasteiger partial charge in [-0.05, 0) is 54.5 Å². The van der Waals surface area contributed by atoms with E-state index in [0.29, 0.717) is 12.8 Å². The highest BCUT2D eigenvalue weighted by Crippen LogP contribution is 2.35. The molecule has 1 saturated heterocycles. The number of carbonyl (C=O) groups excluding carboxylic acids is 1. The first-order valence-electron chi connectivity index (χ1n) is 11.6. The second-order valence-corrected chi connectivity index (χ2v) is 9.06. The monoisotopic (exact) mass is 468 g/mol. The Labute approximate surface area is 198 Å². The average molecular weight is 469 g/mol. The summed E-state index contributed by atoms with van der Waals surface area (Å²) < 4.78 is 7.59. The van der Waals surface area contributed by atoms with Gasteiger partial charge >= 0.3 is 0 Å². The van der Waals surface area contributed by atoms with Crippen LogP contribution in [0.25, 0.3) is 10.9 Å². The van der Waals surface area contributed by atoms with Gasteiger partial charge in [0.15, 0.2) is 6.23 Å². The normalized spacial score (nSPS) is 25.0. The zero-order chi connectivity index (χ0) is 24.4. The summed E-state index contributed by atoms with van der Waals surface area (Å²) in [5.41, 5.74) is 10.4. The molecular formula is C26H32N2O6. The Morgan fingerprint density at radius 2 is 1.74 bits per heavy atom. The van der Waals surface area contributed by atoms with Crippen molar-refractivity contribution in [1.29, 1.82) is 0 Å². The summed E-state index contributed by atoms with van der Waals surface area (Å²) in [6.07, 6.45) is -1.70. The third-order valence-electron chi connectivity index (χ3n) is 6.59. The number of hydrogen-bond acceptors (Lipinski definition) is 6. The highest BCUT2D eigenvalue weighted by Gasteiger charge is 2.44. The van der Waals surface area contributed by atoms with Crippen LogP contribution < -0.4 is 5.73 Å². The SMILES string of the molecule is Cc1cccc2c1c(Cc1ccc(CCCC(N)=O)cc1)cn2[C@@H]1O[C@H](CO)[C@@H](O)[C@H](O)[C@H]1O. The zero-order valence-corrected chi connectivity index (χ0v) is 19.2. The molecule has 4 rings (SSSR count). The van der Waals surface area contributed by atoms with Crippen molar-refractivity contribution in [2.75, 3.05) is 6.61 Å². The van der Waals surface area contributed by atoms with Crippen LogP contribution in [0.15, 0.2) is 48.7 Å². The van der Waals surface area contributed by atoms with Crippen LogP contribution in [-0.4, -0.2) is 61.9 Å². The lowest BCUT2D eigenvalue weighted by molar-refractivity contribution is -0.250. The highest BCUT2D eigenvalue weighted by molar-refractivity contribution is 5.87. The molecule has 1 amide bonds. The summed E-state index contributed by atoms with van der Waals surface area (Å²) in [4.78, 5) is 10.9. The number of nitrogens with zero attached hydrogens (tertiary/aromatic N) is 1. The van der Waals surface area contributed by atoms with Gasteiger partial charge in [-0.3, -0.25) is 4.79 Å².